The van der Waals surface area contributed by atoms with Crippen LogP contribution in [0.4, 0.5) is 0 Å². The molecule has 1 aromatic rings. The number of benzene rings is 1. The molecule has 1 aliphatic carbocycles. The van der Waals surface area contributed by atoms with E-state index in [2.05, 4.69) is 22.8 Å². The smallest absolute Gasteiger partial charge is 0.225 e. The predicted molar refractivity (Wildman–Crippen MR) is 113 cm³/mol. The van der Waals surface area contributed by atoms with Gasteiger partial charge < -0.3 is 20.6 Å². The summed E-state index contributed by atoms with van der Waals surface area (Å²) in [5, 5.41) is 17.2. The van der Waals surface area contributed by atoms with Gasteiger partial charge in [0, 0.05) is 31.8 Å². The third kappa shape index (κ3) is 5.17. The van der Waals surface area contributed by atoms with Crippen molar-refractivity contribution in [2.75, 3.05) is 26.7 Å². The molecule has 2 amide bonds. The third-order valence-corrected chi connectivity index (χ3v) is 6.88. The minimum Gasteiger partial charge on any atom is -0.391 e. The first-order valence-electron chi connectivity index (χ1n) is 10.9. The summed E-state index contributed by atoms with van der Waals surface area (Å²) >= 11 is 0. The van der Waals surface area contributed by atoms with E-state index in [-0.39, 0.29) is 29.2 Å². The zero-order valence-electron chi connectivity index (χ0n) is 17.7. The fraction of sp³-hybridized carbons (Fsp3) is 0.652. The van der Waals surface area contributed by atoms with E-state index in [9.17, 15) is 14.7 Å². The molecule has 1 aromatic carbocycles. The van der Waals surface area contributed by atoms with Gasteiger partial charge >= 0.3 is 0 Å². The van der Waals surface area contributed by atoms with Gasteiger partial charge in [-0.15, -0.1) is 0 Å². The van der Waals surface area contributed by atoms with Crippen molar-refractivity contribution in [2.24, 2.45) is 5.92 Å². The number of carbonyl (C=O) groups excluding carboxylic acids is 2. The van der Waals surface area contributed by atoms with Crippen LogP contribution in [0.1, 0.15) is 51.0 Å². The minimum absolute atomic E-state index is 0.0418. The molecule has 0 bridgehead atoms. The summed E-state index contributed by atoms with van der Waals surface area (Å²) in [6.07, 6.45) is 4.12. The topological polar surface area (TPSA) is 81.7 Å². The van der Waals surface area contributed by atoms with Crippen LogP contribution in [0.15, 0.2) is 30.3 Å². The van der Waals surface area contributed by atoms with E-state index >= 15 is 0 Å². The van der Waals surface area contributed by atoms with Gasteiger partial charge in [0.15, 0.2) is 0 Å². The molecular formula is C23H35N3O3. The van der Waals surface area contributed by atoms with Crippen LogP contribution in [0, 0.1) is 5.92 Å². The van der Waals surface area contributed by atoms with Crippen molar-refractivity contribution in [2.45, 2.75) is 63.0 Å². The number of aliphatic hydroxyl groups excluding tert-OH is 1. The maximum atomic E-state index is 13.0. The molecule has 160 valence electrons. The van der Waals surface area contributed by atoms with E-state index in [1.54, 1.807) is 11.8 Å². The third-order valence-electron chi connectivity index (χ3n) is 6.88. The molecule has 1 saturated carbocycles. The lowest BCUT2D eigenvalue weighted by Gasteiger charge is -2.35. The number of rotatable bonds is 5. The Kier molecular flexibility index (Phi) is 7.30. The molecule has 6 heteroatoms. The van der Waals surface area contributed by atoms with Crippen LogP contribution < -0.4 is 10.6 Å². The van der Waals surface area contributed by atoms with Crippen LogP contribution in [0.25, 0.3) is 0 Å². The van der Waals surface area contributed by atoms with Crippen molar-refractivity contribution in [3.8, 4) is 0 Å². The first-order valence-corrected chi connectivity index (χ1v) is 10.9. The molecule has 3 atom stereocenters. The maximum absolute atomic E-state index is 13.0. The van der Waals surface area contributed by atoms with Gasteiger partial charge in [0.1, 0.15) is 0 Å². The number of hydrogen-bond acceptors (Lipinski definition) is 4. The number of likely N-dealkylation sites (N-methyl/N-ethyl adjacent to an activating group) is 1. The second-order valence-electron chi connectivity index (χ2n) is 8.74. The van der Waals surface area contributed by atoms with E-state index in [1.807, 2.05) is 25.2 Å². The molecule has 3 N–H and O–H groups in total. The molecule has 1 saturated heterocycles. The molecule has 2 aliphatic rings. The van der Waals surface area contributed by atoms with E-state index in [4.69, 9.17) is 0 Å². The van der Waals surface area contributed by atoms with Crippen molar-refractivity contribution in [1.82, 2.24) is 15.5 Å². The van der Waals surface area contributed by atoms with Gasteiger partial charge in [0.05, 0.1) is 12.1 Å². The minimum atomic E-state index is -0.548. The highest BCUT2D eigenvalue weighted by atomic mass is 16.3. The molecule has 0 spiro atoms. The van der Waals surface area contributed by atoms with Crippen LogP contribution in [0.5, 0.6) is 0 Å². The summed E-state index contributed by atoms with van der Waals surface area (Å²) in [4.78, 5) is 26.5. The van der Waals surface area contributed by atoms with Gasteiger partial charge in [-0.3, -0.25) is 9.59 Å². The lowest BCUT2D eigenvalue weighted by atomic mass is 9.74. The van der Waals surface area contributed by atoms with Crippen molar-refractivity contribution in [3.05, 3.63) is 35.9 Å². The van der Waals surface area contributed by atoms with Crippen molar-refractivity contribution in [3.63, 3.8) is 0 Å². The van der Waals surface area contributed by atoms with Crippen LogP contribution in [0.2, 0.25) is 0 Å². The molecule has 1 aliphatic heterocycles. The first kappa shape index (κ1) is 21.8. The van der Waals surface area contributed by atoms with Crippen LogP contribution in [-0.4, -0.2) is 60.6 Å². The number of piperidine rings is 1. The van der Waals surface area contributed by atoms with Crippen molar-refractivity contribution in [1.29, 1.82) is 0 Å². The second kappa shape index (κ2) is 9.72. The number of amides is 2. The lowest BCUT2D eigenvalue weighted by molar-refractivity contribution is -0.139. The number of nitrogens with one attached hydrogen (secondary N) is 2. The fourth-order valence-corrected chi connectivity index (χ4v) is 4.98. The normalized spacial score (nSPS) is 28.4. The monoisotopic (exact) mass is 401 g/mol. The molecule has 0 radical (unpaired) electrons. The average molecular weight is 402 g/mol. The second-order valence-corrected chi connectivity index (χ2v) is 8.74. The standard InChI is InChI=1S/C23H35N3O3/c1-17(27)25-16-23(19-6-4-3-5-7-19)12-8-20(21(28)9-13-23)26(2)22(29)18-10-14-24-15-11-18/h3-7,18,20-21,24,28H,8-16H2,1-2H3,(H,25,27)/t20-,21-,23-/m1/s1. The van der Waals surface area contributed by atoms with Crippen LogP contribution in [0.3, 0.4) is 0 Å². The summed E-state index contributed by atoms with van der Waals surface area (Å²) in [7, 11) is 1.85. The van der Waals surface area contributed by atoms with Gasteiger partial charge in [-0.05, 0) is 57.2 Å². The summed E-state index contributed by atoms with van der Waals surface area (Å²) in [5.41, 5.74) is 0.968. The Labute approximate surface area is 174 Å². The molecular weight excluding hydrogens is 366 g/mol. The Morgan fingerprint density at radius 1 is 1.14 bits per heavy atom. The molecule has 0 aromatic heterocycles. The Hall–Kier alpha value is -1.92. The first-order chi connectivity index (χ1) is 13.9. The van der Waals surface area contributed by atoms with Gasteiger partial charge in [-0.2, -0.15) is 0 Å². The van der Waals surface area contributed by atoms with Crippen molar-refractivity contribution < 1.29 is 14.7 Å². The van der Waals surface area contributed by atoms with E-state index < -0.39 is 6.10 Å². The van der Waals surface area contributed by atoms with E-state index in [1.165, 1.54) is 5.56 Å². The summed E-state index contributed by atoms with van der Waals surface area (Å²) in [6.45, 7) is 3.85. The van der Waals surface area contributed by atoms with Crippen LogP contribution in [-0.2, 0) is 15.0 Å². The molecule has 3 rings (SSSR count). The van der Waals surface area contributed by atoms with Gasteiger partial charge in [-0.1, -0.05) is 30.3 Å². The Morgan fingerprint density at radius 2 is 1.79 bits per heavy atom. The average Bonchev–Trinajstić information content (AvgIpc) is 2.92. The van der Waals surface area contributed by atoms with Crippen molar-refractivity contribution >= 4 is 11.8 Å². The SMILES string of the molecule is CC(=O)NC[C@]1(c2ccccc2)CC[C@@H](O)[C@H](N(C)C(=O)C2CCNCC2)CC1. The number of nitrogens with zero attached hydrogens (tertiary/aromatic N) is 1. The quantitative estimate of drug-likeness (QED) is 0.658. The number of carbonyl (C=O) groups is 2. The fourth-order valence-electron chi connectivity index (χ4n) is 4.98. The highest BCUT2D eigenvalue weighted by Gasteiger charge is 2.40. The van der Waals surface area contributed by atoms with Gasteiger partial charge in [0.2, 0.25) is 11.8 Å². The molecule has 2 fully saturated rings. The summed E-state index contributed by atoms with van der Waals surface area (Å²) in [5.74, 6) is 0.166. The Balaban J connectivity index is 1.77. The largest absolute Gasteiger partial charge is 0.391 e. The highest BCUT2D eigenvalue weighted by molar-refractivity contribution is 5.79. The Morgan fingerprint density at radius 3 is 2.45 bits per heavy atom. The summed E-state index contributed by atoms with van der Waals surface area (Å²) in [6, 6.07) is 10.1. The molecule has 6 nitrogen and oxygen atoms in total. The van der Waals surface area contributed by atoms with Crippen LogP contribution >= 0.6 is 0 Å². The predicted octanol–water partition coefficient (Wildman–Crippen LogP) is 1.82. The zero-order chi connectivity index (χ0) is 20.9. The van der Waals surface area contributed by atoms with Gasteiger partial charge in [-0.25, -0.2) is 0 Å². The number of hydrogen-bond donors (Lipinski definition) is 3. The molecule has 29 heavy (non-hydrogen) atoms. The summed E-state index contributed by atoms with van der Waals surface area (Å²) < 4.78 is 0. The maximum Gasteiger partial charge on any atom is 0.225 e. The highest BCUT2D eigenvalue weighted by Crippen LogP contribution is 2.39. The number of aliphatic hydroxyl groups is 1. The molecule has 0 unspecified atom stereocenters. The van der Waals surface area contributed by atoms with E-state index in [0.29, 0.717) is 13.0 Å². The zero-order valence-corrected chi connectivity index (χ0v) is 17.7. The lowest BCUT2D eigenvalue weighted by Crippen LogP contribution is -2.48. The van der Waals surface area contributed by atoms with E-state index in [0.717, 1.165) is 45.2 Å². The molecule has 1 heterocycles. The Bertz CT molecular complexity index is 690. The van der Waals surface area contributed by atoms with Gasteiger partial charge in [0.25, 0.3) is 0 Å².